The number of nitrogens with one attached hydrogen (secondary N) is 1. The van der Waals surface area contributed by atoms with Crippen LogP contribution in [0, 0.1) is 6.92 Å². The number of nitrogens with zero attached hydrogens (tertiary/aromatic N) is 3. The van der Waals surface area contributed by atoms with Crippen molar-refractivity contribution in [3.05, 3.63) is 102 Å². The Balaban J connectivity index is 1.56. The quantitative estimate of drug-likeness (QED) is 0.562. The standard InChI is InChI=1S/C23H20N4O/c1-17-7-12-22(24-15-17)26-23(28)21-6-3-2-5-20(21)19-10-8-18(9-11-19)16-27-14-4-13-25-27/h2-15H,16H2,1H3,(H,24,26,28). The zero-order valence-corrected chi connectivity index (χ0v) is 15.5. The van der Waals surface area contributed by atoms with E-state index in [2.05, 4.69) is 27.5 Å². The zero-order chi connectivity index (χ0) is 19.3. The minimum atomic E-state index is -0.174. The van der Waals surface area contributed by atoms with E-state index in [-0.39, 0.29) is 5.91 Å². The summed E-state index contributed by atoms with van der Waals surface area (Å²) in [6.07, 6.45) is 5.44. The summed E-state index contributed by atoms with van der Waals surface area (Å²) in [5, 5.41) is 7.11. The zero-order valence-electron chi connectivity index (χ0n) is 15.5. The van der Waals surface area contributed by atoms with Crippen LogP contribution < -0.4 is 5.32 Å². The van der Waals surface area contributed by atoms with Crippen LogP contribution in [0.25, 0.3) is 11.1 Å². The van der Waals surface area contributed by atoms with Crippen molar-refractivity contribution in [1.29, 1.82) is 0 Å². The van der Waals surface area contributed by atoms with E-state index in [1.54, 1.807) is 18.5 Å². The lowest BCUT2D eigenvalue weighted by molar-refractivity contribution is 0.102. The first-order valence-corrected chi connectivity index (χ1v) is 9.09. The number of amides is 1. The van der Waals surface area contributed by atoms with Crippen molar-refractivity contribution in [1.82, 2.24) is 14.8 Å². The third kappa shape index (κ3) is 3.99. The van der Waals surface area contributed by atoms with Crippen LogP contribution in [-0.2, 0) is 6.54 Å². The first-order chi connectivity index (χ1) is 13.7. The van der Waals surface area contributed by atoms with Crippen LogP contribution in [0.1, 0.15) is 21.5 Å². The smallest absolute Gasteiger partial charge is 0.257 e. The minimum Gasteiger partial charge on any atom is -0.307 e. The molecule has 0 spiro atoms. The monoisotopic (exact) mass is 368 g/mol. The van der Waals surface area contributed by atoms with Gasteiger partial charge in [0.1, 0.15) is 5.82 Å². The highest BCUT2D eigenvalue weighted by Gasteiger charge is 2.13. The number of carbonyl (C=O) groups is 1. The number of anilines is 1. The van der Waals surface area contributed by atoms with E-state index in [1.807, 2.05) is 66.3 Å². The molecular weight excluding hydrogens is 348 g/mol. The predicted octanol–water partition coefficient (Wildman–Crippen LogP) is 4.55. The molecule has 0 aliphatic carbocycles. The van der Waals surface area contributed by atoms with Crippen LogP contribution in [0.4, 0.5) is 5.82 Å². The molecule has 0 saturated heterocycles. The van der Waals surface area contributed by atoms with Crippen molar-refractivity contribution in [2.45, 2.75) is 13.5 Å². The lowest BCUT2D eigenvalue weighted by Gasteiger charge is -2.11. The molecule has 1 amide bonds. The van der Waals surface area contributed by atoms with Gasteiger partial charge in [0, 0.05) is 24.2 Å². The van der Waals surface area contributed by atoms with Crippen molar-refractivity contribution in [3.8, 4) is 11.1 Å². The summed E-state index contributed by atoms with van der Waals surface area (Å²) in [6.45, 7) is 2.68. The third-order valence-corrected chi connectivity index (χ3v) is 4.49. The number of hydrogen-bond acceptors (Lipinski definition) is 3. The number of aromatic nitrogens is 3. The highest BCUT2D eigenvalue weighted by atomic mass is 16.1. The Morgan fingerprint density at radius 3 is 2.54 bits per heavy atom. The number of pyridine rings is 1. The molecule has 2 heterocycles. The van der Waals surface area contributed by atoms with Crippen molar-refractivity contribution in [2.24, 2.45) is 0 Å². The molecule has 0 aliphatic rings. The summed E-state index contributed by atoms with van der Waals surface area (Å²) in [7, 11) is 0. The molecule has 5 heteroatoms. The molecule has 4 rings (SSSR count). The normalized spacial score (nSPS) is 10.6. The molecule has 4 aromatic rings. The molecule has 0 bridgehead atoms. The fourth-order valence-corrected chi connectivity index (χ4v) is 3.03. The Morgan fingerprint density at radius 2 is 1.82 bits per heavy atom. The van der Waals surface area contributed by atoms with Gasteiger partial charge in [-0.25, -0.2) is 4.98 Å². The average Bonchev–Trinajstić information content (AvgIpc) is 3.23. The van der Waals surface area contributed by atoms with Gasteiger partial charge in [-0.05, 0) is 47.4 Å². The molecule has 28 heavy (non-hydrogen) atoms. The molecule has 138 valence electrons. The van der Waals surface area contributed by atoms with Gasteiger partial charge in [0.15, 0.2) is 0 Å². The van der Waals surface area contributed by atoms with Gasteiger partial charge in [0.05, 0.1) is 6.54 Å². The van der Waals surface area contributed by atoms with E-state index in [4.69, 9.17) is 0 Å². The second-order valence-electron chi connectivity index (χ2n) is 6.62. The molecule has 0 aliphatic heterocycles. The van der Waals surface area contributed by atoms with Crippen LogP contribution in [-0.4, -0.2) is 20.7 Å². The van der Waals surface area contributed by atoms with E-state index < -0.39 is 0 Å². The second-order valence-corrected chi connectivity index (χ2v) is 6.62. The highest BCUT2D eigenvalue weighted by molar-refractivity contribution is 6.08. The molecule has 0 saturated carbocycles. The van der Waals surface area contributed by atoms with Gasteiger partial charge in [0.2, 0.25) is 0 Å². The van der Waals surface area contributed by atoms with Crippen LogP contribution in [0.3, 0.4) is 0 Å². The van der Waals surface area contributed by atoms with E-state index in [9.17, 15) is 4.79 Å². The van der Waals surface area contributed by atoms with E-state index >= 15 is 0 Å². The molecule has 2 aromatic carbocycles. The van der Waals surface area contributed by atoms with Crippen molar-refractivity contribution in [2.75, 3.05) is 5.32 Å². The summed E-state index contributed by atoms with van der Waals surface area (Å²) < 4.78 is 1.88. The second kappa shape index (κ2) is 7.88. The lowest BCUT2D eigenvalue weighted by atomic mass is 9.98. The van der Waals surface area contributed by atoms with Gasteiger partial charge in [-0.2, -0.15) is 5.10 Å². The fourth-order valence-electron chi connectivity index (χ4n) is 3.03. The van der Waals surface area contributed by atoms with Crippen molar-refractivity contribution >= 4 is 11.7 Å². The maximum Gasteiger partial charge on any atom is 0.257 e. The molecule has 1 N–H and O–H groups in total. The van der Waals surface area contributed by atoms with Crippen LogP contribution in [0.15, 0.2) is 85.3 Å². The largest absolute Gasteiger partial charge is 0.307 e. The first kappa shape index (κ1) is 17.7. The minimum absolute atomic E-state index is 0.174. The van der Waals surface area contributed by atoms with E-state index in [1.165, 1.54) is 0 Å². The Kier molecular flexibility index (Phi) is 4.97. The first-order valence-electron chi connectivity index (χ1n) is 9.09. The van der Waals surface area contributed by atoms with Gasteiger partial charge >= 0.3 is 0 Å². The summed E-state index contributed by atoms with van der Waals surface area (Å²) in [5.41, 5.74) is 4.70. The van der Waals surface area contributed by atoms with Gasteiger partial charge in [-0.3, -0.25) is 9.48 Å². The van der Waals surface area contributed by atoms with Crippen molar-refractivity contribution in [3.63, 3.8) is 0 Å². The van der Waals surface area contributed by atoms with Crippen LogP contribution in [0.2, 0.25) is 0 Å². The Morgan fingerprint density at radius 1 is 1.00 bits per heavy atom. The Labute approximate surface area is 163 Å². The molecule has 0 radical (unpaired) electrons. The number of hydrogen-bond donors (Lipinski definition) is 1. The molecule has 2 aromatic heterocycles. The predicted molar refractivity (Wildman–Crippen MR) is 110 cm³/mol. The SMILES string of the molecule is Cc1ccc(NC(=O)c2ccccc2-c2ccc(Cn3cccn3)cc2)nc1. The summed E-state index contributed by atoms with van der Waals surface area (Å²) in [5.74, 6) is 0.368. The molecule has 0 atom stereocenters. The lowest BCUT2D eigenvalue weighted by Crippen LogP contribution is -2.14. The molecule has 0 fully saturated rings. The highest BCUT2D eigenvalue weighted by Crippen LogP contribution is 2.25. The van der Waals surface area contributed by atoms with E-state index in [0.717, 1.165) is 22.3 Å². The van der Waals surface area contributed by atoms with Crippen LogP contribution >= 0.6 is 0 Å². The van der Waals surface area contributed by atoms with Gasteiger partial charge in [-0.15, -0.1) is 0 Å². The van der Waals surface area contributed by atoms with Gasteiger partial charge in [0.25, 0.3) is 5.91 Å². The molecule has 5 nitrogen and oxygen atoms in total. The van der Waals surface area contributed by atoms with Crippen LogP contribution in [0.5, 0.6) is 0 Å². The maximum absolute atomic E-state index is 12.8. The van der Waals surface area contributed by atoms with Gasteiger partial charge < -0.3 is 5.32 Å². The average molecular weight is 368 g/mol. The summed E-state index contributed by atoms with van der Waals surface area (Å²) in [6, 6.07) is 21.4. The number of carbonyl (C=O) groups excluding carboxylic acids is 1. The summed E-state index contributed by atoms with van der Waals surface area (Å²) in [4.78, 5) is 17.1. The fraction of sp³-hybridized carbons (Fsp3) is 0.0870. The molecule has 0 unspecified atom stereocenters. The third-order valence-electron chi connectivity index (χ3n) is 4.49. The van der Waals surface area contributed by atoms with Gasteiger partial charge in [-0.1, -0.05) is 48.5 Å². The molecular formula is C23H20N4O. The number of benzene rings is 2. The number of rotatable bonds is 5. The van der Waals surface area contributed by atoms with Crippen molar-refractivity contribution < 1.29 is 4.79 Å². The Hall–Kier alpha value is -3.73. The summed E-state index contributed by atoms with van der Waals surface area (Å²) >= 11 is 0. The number of aryl methyl sites for hydroxylation is 1. The van der Waals surface area contributed by atoms with E-state index in [0.29, 0.717) is 17.9 Å². The topological polar surface area (TPSA) is 59.8 Å². The Bertz CT molecular complexity index is 1070. The maximum atomic E-state index is 12.8.